The second kappa shape index (κ2) is 6.09. The summed E-state index contributed by atoms with van der Waals surface area (Å²) in [5, 5.41) is 4.67. The van der Waals surface area contributed by atoms with Gasteiger partial charge in [0.05, 0.1) is 17.8 Å². The van der Waals surface area contributed by atoms with Crippen LogP contribution in [-0.2, 0) is 4.74 Å². The van der Waals surface area contributed by atoms with Gasteiger partial charge in [0.1, 0.15) is 5.56 Å². The maximum absolute atomic E-state index is 12.0. The molecule has 0 radical (unpaired) electrons. The average molecular weight is 293 g/mol. The van der Waals surface area contributed by atoms with Gasteiger partial charge in [-0.25, -0.2) is 4.79 Å². The van der Waals surface area contributed by atoms with Gasteiger partial charge in [-0.1, -0.05) is 11.6 Å². The number of esters is 1. The molecule has 0 atom stereocenters. The van der Waals surface area contributed by atoms with Gasteiger partial charge in [-0.05, 0) is 38.5 Å². The molecule has 5 heteroatoms. The molecule has 0 saturated heterocycles. The summed E-state index contributed by atoms with van der Waals surface area (Å²) in [6.45, 7) is 6.72. The van der Waals surface area contributed by atoms with E-state index in [-0.39, 0.29) is 5.97 Å². The molecule has 0 saturated carbocycles. The first-order chi connectivity index (χ1) is 9.58. The number of benzene rings is 1. The molecule has 4 nitrogen and oxygen atoms in total. The van der Waals surface area contributed by atoms with Gasteiger partial charge in [0.2, 0.25) is 0 Å². The van der Waals surface area contributed by atoms with E-state index in [1.165, 1.54) is 0 Å². The van der Waals surface area contributed by atoms with E-state index in [0.717, 1.165) is 22.2 Å². The molecule has 2 aromatic rings. The molecule has 2 rings (SSSR count). The first-order valence-corrected chi connectivity index (χ1v) is 6.96. The lowest BCUT2D eigenvalue weighted by Crippen LogP contribution is -2.11. The fourth-order valence-corrected chi connectivity index (χ4v) is 2.44. The van der Waals surface area contributed by atoms with Crippen molar-refractivity contribution in [1.82, 2.24) is 4.98 Å². The highest BCUT2D eigenvalue weighted by Crippen LogP contribution is 2.31. The Morgan fingerprint density at radius 3 is 2.80 bits per heavy atom. The Bertz CT molecular complexity index is 656. The molecule has 20 heavy (non-hydrogen) atoms. The number of halogens is 1. The van der Waals surface area contributed by atoms with Gasteiger partial charge >= 0.3 is 5.97 Å². The Kier molecular flexibility index (Phi) is 4.45. The van der Waals surface area contributed by atoms with Crippen molar-refractivity contribution in [1.29, 1.82) is 0 Å². The minimum absolute atomic E-state index is 0.330. The lowest BCUT2D eigenvalue weighted by atomic mass is 10.1. The summed E-state index contributed by atoms with van der Waals surface area (Å²) in [6, 6.07) is 3.67. The number of ether oxygens (including phenoxy) is 1. The smallest absolute Gasteiger partial charge is 0.341 e. The largest absolute Gasteiger partial charge is 0.462 e. The molecule has 1 aromatic carbocycles. The van der Waals surface area contributed by atoms with E-state index >= 15 is 0 Å². The third-order valence-corrected chi connectivity index (χ3v) is 3.19. The summed E-state index contributed by atoms with van der Waals surface area (Å²) < 4.78 is 5.07. The zero-order valence-electron chi connectivity index (χ0n) is 11.8. The second-order valence-electron chi connectivity index (χ2n) is 4.42. The number of anilines is 1. The Hall–Kier alpha value is -1.81. The summed E-state index contributed by atoms with van der Waals surface area (Å²) in [7, 11) is 0. The zero-order chi connectivity index (χ0) is 14.7. The number of hydrogen-bond acceptors (Lipinski definition) is 4. The fourth-order valence-electron chi connectivity index (χ4n) is 2.17. The standard InChI is InChI=1S/C15H17ClN2O2/c1-4-17-14-11-7-10(16)6-9(3)13(11)18-8-12(14)15(19)20-5-2/h6-8H,4-5H2,1-3H3,(H,17,18). The van der Waals surface area contributed by atoms with Crippen molar-refractivity contribution in [3.63, 3.8) is 0 Å². The first kappa shape index (κ1) is 14.6. The summed E-state index contributed by atoms with van der Waals surface area (Å²) in [6.07, 6.45) is 1.55. The molecule has 0 amide bonds. The summed E-state index contributed by atoms with van der Waals surface area (Å²) in [5.74, 6) is -0.379. The molecule has 1 heterocycles. The summed E-state index contributed by atoms with van der Waals surface area (Å²) >= 11 is 6.12. The van der Waals surface area contributed by atoms with Crippen LogP contribution in [0.5, 0.6) is 0 Å². The van der Waals surface area contributed by atoms with Gasteiger partial charge < -0.3 is 10.1 Å². The van der Waals surface area contributed by atoms with Crippen molar-refractivity contribution < 1.29 is 9.53 Å². The van der Waals surface area contributed by atoms with Crippen LogP contribution in [0.2, 0.25) is 5.02 Å². The zero-order valence-corrected chi connectivity index (χ0v) is 12.5. The third kappa shape index (κ3) is 2.70. The molecular weight excluding hydrogens is 276 g/mol. The van der Waals surface area contributed by atoms with Crippen LogP contribution in [0.4, 0.5) is 5.69 Å². The lowest BCUT2D eigenvalue weighted by Gasteiger charge is -2.14. The SMILES string of the molecule is CCNc1c(C(=O)OCC)cnc2c(C)cc(Cl)cc12. The van der Waals surface area contributed by atoms with Crippen molar-refractivity contribution in [3.05, 3.63) is 34.5 Å². The molecule has 106 valence electrons. The van der Waals surface area contributed by atoms with Gasteiger partial charge in [-0.15, -0.1) is 0 Å². The number of aromatic nitrogens is 1. The van der Waals surface area contributed by atoms with E-state index in [1.807, 2.05) is 26.0 Å². The van der Waals surface area contributed by atoms with Crippen LogP contribution in [0, 0.1) is 6.92 Å². The molecule has 0 aliphatic carbocycles. The molecule has 0 aliphatic heterocycles. The van der Waals surface area contributed by atoms with Crippen LogP contribution in [0.25, 0.3) is 10.9 Å². The van der Waals surface area contributed by atoms with Crippen molar-refractivity contribution >= 4 is 34.2 Å². The molecular formula is C15H17ClN2O2. The highest BCUT2D eigenvalue weighted by molar-refractivity contribution is 6.31. The van der Waals surface area contributed by atoms with E-state index in [0.29, 0.717) is 23.7 Å². The second-order valence-corrected chi connectivity index (χ2v) is 4.85. The van der Waals surface area contributed by atoms with Crippen molar-refractivity contribution in [3.8, 4) is 0 Å². The van der Waals surface area contributed by atoms with E-state index < -0.39 is 0 Å². The molecule has 0 aliphatic rings. The fraction of sp³-hybridized carbons (Fsp3) is 0.333. The number of pyridine rings is 1. The molecule has 1 aromatic heterocycles. The van der Waals surface area contributed by atoms with Gasteiger partial charge in [0.15, 0.2) is 0 Å². The summed E-state index contributed by atoms with van der Waals surface area (Å²) in [5.41, 5.74) is 2.96. The number of hydrogen-bond donors (Lipinski definition) is 1. The highest BCUT2D eigenvalue weighted by atomic mass is 35.5. The van der Waals surface area contributed by atoms with Crippen LogP contribution in [-0.4, -0.2) is 24.1 Å². The van der Waals surface area contributed by atoms with Crippen LogP contribution in [0.1, 0.15) is 29.8 Å². The number of aryl methyl sites for hydroxylation is 1. The molecule has 1 N–H and O–H groups in total. The van der Waals surface area contributed by atoms with Crippen LogP contribution >= 0.6 is 11.6 Å². The maximum atomic E-state index is 12.0. The van der Waals surface area contributed by atoms with Crippen molar-refractivity contribution in [2.75, 3.05) is 18.5 Å². The summed E-state index contributed by atoms with van der Waals surface area (Å²) in [4.78, 5) is 16.4. The van der Waals surface area contributed by atoms with Gasteiger partial charge in [0.25, 0.3) is 0 Å². The third-order valence-electron chi connectivity index (χ3n) is 2.98. The predicted octanol–water partition coefficient (Wildman–Crippen LogP) is 3.81. The van der Waals surface area contributed by atoms with E-state index in [9.17, 15) is 4.79 Å². The Balaban J connectivity index is 2.71. The Morgan fingerprint density at radius 2 is 2.15 bits per heavy atom. The minimum atomic E-state index is -0.379. The predicted molar refractivity (Wildman–Crippen MR) is 81.6 cm³/mol. The van der Waals surface area contributed by atoms with E-state index in [4.69, 9.17) is 16.3 Å². The molecule has 0 fully saturated rings. The highest BCUT2D eigenvalue weighted by Gasteiger charge is 2.17. The van der Waals surface area contributed by atoms with Crippen molar-refractivity contribution in [2.45, 2.75) is 20.8 Å². The molecule has 0 spiro atoms. The topological polar surface area (TPSA) is 51.2 Å². The Morgan fingerprint density at radius 1 is 1.40 bits per heavy atom. The number of rotatable bonds is 4. The van der Waals surface area contributed by atoms with Gasteiger partial charge in [-0.3, -0.25) is 4.98 Å². The Labute approximate surface area is 123 Å². The molecule has 0 bridgehead atoms. The van der Waals surface area contributed by atoms with Crippen LogP contribution in [0.15, 0.2) is 18.3 Å². The first-order valence-electron chi connectivity index (χ1n) is 6.58. The van der Waals surface area contributed by atoms with E-state index in [2.05, 4.69) is 10.3 Å². The van der Waals surface area contributed by atoms with Crippen LogP contribution < -0.4 is 5.32 Å². The number of carbonyl (C=O) groups is 1. The quantitative estimate of drug-likeness (QED) is 0.871. The number of nitrogens with one attached hydrogen (secondary N) is 1. The number of fused-ring (bicyclic) bond motifs is 1. The van der Waals surface area contributed by atoms with Gasteiger partial charge in [0, 0.05) is 23.2 Å². The molecule has 0 unspecified atom stereocenters. The van der Waals surface area contributed by atoms with E-state index in [1.54, 1.807) is 13.1 Å². The normalized spacial score (nSPS) is 10.6. The number of carbonyl (C=O) groups excluding carboxylic acids is 1. The average Bonchev–Trinajstić information content (AvgIpc) is 2.39. The van der Waals surface area contributed by atoms with Crippen LogP contribution in [0.3, 0.4) is 0 Å². The van der Waals surface area contributed by atoms with Crippen molar-refractivity contribution in [2.24, 2.45) is 0 Å². The maximum Gasteiger partial charge on any atom is 0.341 e. The van der Waals surface area contributed by atoms with Gasteiger partial charge in [-0.2, -0.15) is 0 Å². The minimum Gasteiger partial charge on any atom is -0.462 e. The lowest BCUT2D eigenvalue weighted by molar-refractivity contribution is 0.0527. The number of nitrogens with zero attached hydrogens (tertiary/aromatic N) is 1. The monoisotopic (exact) mass is 292 g/mol.